The fraction of sp³-hybridized carbons (Fsp3) is 0.235. The van der Waals surface area contributed by atoms with E-state index in [9.17, 15) is 0 Å². The van der Waals surface area contributed by atoms with Crippen LogP contribution in [0.15, 0.2) is 42.5 Å². The molecule has 2 N–H and O–H groups in total. The fourth-order valence-corrected chi connectivity index (χ4v) is 2.36. The molecule has 0 aromatic heterocycles. The summed E-state index contributed by atoms with van der Waals surface area (Å²) in [6.45, 7) is 1.94. The topological polar surface area (TPSA) is 62.3 Å². The Morgan fingerprint density at radius 3 is 2.38 bits per heavy atom. The second-order valence-corrected chi connectivity index (χ2v) is 4.90. The predicted molar refractivity (Wildman–Crippen MR) is 84.8 cm³/mol. The summed E-state index contributed by atoms with van der Waals surface area (Å²) in [4.78, 5) is 2.04. The summed E-state index contributed by atoms with van der Waals surface area (Å²) in [5.74, 6) is 0.781. The van der Waals surface area contributed by atoms with Crippen LogP contribution in [-0.4, -0.2) is 14.2 Å². The molecule has 2 aromatic rings. The normalized spacial score (nSPS) is 11.6. The minimum Gasteiger partial charge on any atom is -0.496 e. The highest BCUT2D eigenvalue weighted by Crippen LogP contribution is 2.36. The van der Waals surface area contributed by atoms with Crippen molar-refractivity contribution in [2.75, 3.05) is 19.1 Å². The van der Waals surface area contributed by atoms with Crippen molar-refractivity contribution in [3.63, 3.8) is 0 Å². The molecule has 0 saturated heterocycles. The Hall–Kier alpha value is -2.51. The van der Waals surface area contributed by atoms with E-state index in [4.69, 9.17) is 15.7 Å². The second-order valence-electron chi connectivity index (χ2n) is 4.90. The average molecular weight is 281 g/mol. The molecule has 0 spiro atoms. The number of methoxy groups -OCH3 is 1. The van der Waals surface area contributed by atoms with Crippen LogP contribution in [-0.2, 0) is 0 Å². The molecule has 0 saturated carbocycles. The lowest BCUT2D eigenvalue weighted by molar-refractivity contribution is 0.407. The van der Waals surface area contributed by atoms with Gasteiger partial charge in [-0.1, -0.05) is 6.07 Å². The van der Waals surface area contributed by atoms with E-state index in [1.54, 1.807) is 19.2 Å². The standard InChI is InChI=1S/C17H19N3O/c1-12(19)17-15(5-4-6-16(17)21-3)20(2)14-9-7-13(11-18)8-10-14/h4-10,12H,19H2,1-3H3/t12-/m1/s1. The van der Waals surface area contributed by atoms with Crippen LogP contribution in [0, 0.1) is 11.3 Å². The number of rotatable bonds is 4. The molecule has 0 heterocycles. The molecule has 2 rings (SSSR count). The molecule has 2 aromatic carbocycles. The van der Waals surface area contributed by atoms with Gasteiger partial charge in [-0.3, -0.25) is 0 Å². The third-order valence-corrected chi connectivity index (χ3v) is 3.46. The van der Waals surface area contributed by atoms with Crippen LogP contribution in [0.1, 0.15) is 24.1 Å². The molecule has 0 radical (unpaired) electrons. The summed E-state index contributed by atoms with van der Waals surface area (Å²) in [5, 5.41) is 8.87. The lowest BCUT2D eigenvalue weighted by atomic mass is 10.0. The van der Waals surface area contributed by atoms with Gasteiger partial charge < -0.3 is 15.4 Å². The lowest BCUT2D eigenvalue weighted by Gasteiger charge is -2.25. The van der Waals surface area contributed by atoms with Crippen LogP contribution in [0.5, 0.6) is 5.75 Å². The quantitative estimate of drug-likeness (QED) is 0.933. The largest absolute Gasteiger partial charge is 0.496 e. The van der Waals surface area contributed by atoms with Crippen LogP contribution in [0.25, 0.3) is 0 Å². The number of ether oxygens (including phenoxy) is 1. The van der Waals surface area contributed by atoms with E-state index in [0.29, 0.717) is 5.56 Å². The molecule has 4 heteroatoms. The minimum atomic E-state index is -0.142. The van der Waals surface area contributed by atoms with Gasteiger partial charge in [-0.2, -0.15) is 5.26 Å². The first kappa shape index (κ1) is 14.9. The Morgan fingerprint density at radius 1 is 1.19 bits per heavy atom. The smallest absolute Gasteiger partial charge is 0.125 e. The summed E-state index contributed by atoms with van der Waals surface area (Å²) < 4.78 is 5.42. The number of benzene rings is 2. The molecule has 0 unspecified atom stereocenters. The van der Waals surface area contributed by atoms with Crippen LogP contribution >= 0.6 is 0 Å². The molecule has 0 aliphatic carbocycles. The van der Waals surface area contributed by atoms with Crippen molar-refractivity contribution < 1.29 is 4.74 Å². The van der Waals surface area contributed by atoms with Gasteiger partial charge in [0.2, 0.25) is 0 Å². The first-order chi connectivity index (χ1) is 10.1. The number of anilines is 2. The van der Waals surface area contributed by atoms with Crippen molar-refractivity contribution in [2.45, 2.75) is 13.0 Å². The van der Waals surface area contributed by atoms with Crippen molar-refractivity contribution >= 4 is 11.4 Å². The number of nitrogens with zero attached hydrogens (tertiary/aromatic N) is 2. The van der Waals surface area contributed by atoms with E-state index in [1.165, 1.54) is 0 Å². The summed E-state index contributed by atoms with van der Waals surface area (Å²) in [7, 11) is 3.62. The fourth-order valence-electron chi connectivity index (χ4n) is 2.36. The van der Waals surface area contributed by atoms with Crippen LogP contribution in [0.3, 0.4) is 0 Å². The summed E-state index contributed by atoms with van der Waals surface area (Å²) in [6.07, 6.45) is 0. The van der Waals surface area contributed by atoms with Crippen LogP contribution in [0.2, 0.25) is 0 Å². The van der Waals surface area contributed by atoms with Crippen molar-refractivity contribution in [3.05, 3.63) is 53.6 Å². The van der Waals surface area contributed by atoms with Gasteiger partial charge in [0.1, 0.15) is 5.75 Å². The van der Waals surface area contributed by atoms with Gasteiger partial charge in [0.05, 0.1) is 18.7 Å². The van der Waals surface area contributed by atoms with E-state index in [1.807, 2.05) is 49.2 Å². The summed E-state index contributed by atoms with van der Waals surface area (Å²) >= 11 is 0. The Labute approximate surface area is 125 Å². The second kappa shape index (κ2) is 6.29. The van der Waals surface area contributed by atoms with Crippen molar-refractivity contribution in [3.8, 4) is 11.8 Å². The van der Waals surface area contributed by atoms with E-state index in [-0.39, 0.29) is 6.04 Å². The van der Waals surface area contributed by atoms with E-state index < -0.39 is 0 Å². The molecular formula is C17H19N3O. The average Bonchev–Trinajstić information content (AvgIpc) is 2.53. The Morgan fingerprint density at radius 2 is 1.86 bits per heavy atom. The Bertz CT molecular complexity index is 657. The lowest BCUT2D eigenvalue weighted by Crippen LogP contribution is -2.16. The first-order valence-electron chi connectivity index (χ1n) is 6.75. The molecule has 108 valence electrons. The molecule has 0 amide bonds. The maximum atomic E-state index is 8.87. The van der Waals surface area contributed by atoms with Gasteiger partial charge in [0.25, 0.3) is 0 Å². The predicted octanol–water partition coefficient (Wildman–Crippen LogP) is 3.35. The molecule has 4 nitrogen and oxygen atoms in total. The molecule has 1 atom stereocenters. The highest BCUT2D eigenvalue weighted by atomic mass is 16.5. The van der Waals surface area contributed by atoms with Gasteiger partial charge in [0.15, 0.2) is 0 Å². The zero-order chi connectivity index (χ0) is 15.4. The Balaban J connectivity index is 2.47. The SMILES string of the molecule is COc1cccc(N(C)c2ccc(C#N)cc2)c1[C@@H](C)N. The zero-order valence-corrected chi connectivity index (χ0v) is 12.5. The van der Waals surface area contributed by atoms with Crippen molar-refractivity contribution in [2.24, 2.45) is 5.73 Å². The van der Waals surface area contributed by atoms with Gasteiger partial charge >= 0.3 is 0 Å². The van der Waals surface area contributed by atoms with Gasteiger partial charge in [-0.25, -0.2) is 0 Å². The summed E-state index contributed by atoms with van der Waals surface area (Å²) in [5.41, 5.74) is 9.70. The maximum Gasteiger partial charge on any atom is 0.125 e. The maximum absolute atomic E-state index is 8.87. The van der Waals surface area contributed by atoms with Gasteiger partial charge in [0, 0.05) is 30.0 Å². The number of hydrogen-bond donors (Lipinski definition) is 1. The molecular weight excluding hydrogens is 262 g/mol. The van der Waals surface area contributed by atoms with Crippen LogP contribution < -0.4 is 15.4 Å². The van der Waals surface area contributed by atoms with E-state index >= 15 is 0 Å². The van der Waals surface area contributed by atoms with Gasteiger partial charge in [-0.05, 0) is 43.3 Å². The molecule has 21 heavy (non-hydrogen) atoms. The number of nitriles is 1. The van der Waals surface area contributed by atoms with E-state index in [0.717, 1.165) is 22.7 Å². The van der Waals surface area contributed by atoms with Crippen molar-refractivity contribution in [1.29, 1.82) is 5.26 Å². The number of nitrogens with two attached hydrogens (primary N) is 1. The van der Waals surface area contributed by atoms with Crippen LogP contribution in [0.4, 0.5) is 11.4 Å². The van der Waals surface area contributed by atoms with E-state index in [2.05, 4.69) is 6.07 Å². The first-order valence-corrected chi connectivity index (χ1v) is 6.75. The molecule has 0 bridgehead atoms. The molecule has 0 aliphatic rings. The number of hydrogen-bond acceptors (Lipinski definition) is 4. The molecule has 0 fully saturated rings. The Kier molecular flexibility index (Phi) is 4.46. The highest BCUT2D eigenvalue weighted by Gasteiger charge is 2.16. The highest BCUT2D eigenvalue weighted by molar-refractivity contribution is 5.69. The summed E-state index contributed by atoms with van der Waals surface area (Å²) in [6, 6.07) is 15.3. The zero-order valence-electron chi connectivity index (χ0n) is 12.5. The molecule has 0 aliphatic heterocycles. The third-order valence-electron chi connectivity index (χ3n) is 3.46. The third kappa shape index (κ3) is 2.99. The van der Waals surface area contributed by atoms with Gasteiger partial charge in [-0.15, -0.1) is 0 Å². The van der Waals surface area contributed by atoms with Crippen molar-refractivity contribution in [1.82, 2.24) is 0 Å². The minimum absolute atomic E-state index is 0.142. The monoisotopic (exact) mass is 281 g/mol.